The van der Waals surface area contributed by atoms with Gasteiger partial charge in [-0.3, -0.25) is 4.79 Å². The predicted octanol–water partition coefficient (Wildman–Crippen LogP) is 3.19. The van der Waals surface area contributed by atoms with Crippen molar-refractivity contribution in [1.82, 2.24) is 25.1 Å². The minimum atomic E-state index is -0.126. The van der Waals surface area contributed by atoms with Gasteiger partial charge in [0.25, 0.3) is 0 Å². The lowest BCUT2D eigenvalue weighted by atomic mass is 10.1. The van der Waals surface area contributed by atoms with E-state index in [4.69, 9.17) is 21.1 Å². The van der Waals surface area contributed by atoms with Gasteiger partial charge in [-0.2, -0.15) is 4.52 Å². The molecule has 8 nitrogen and oxygen atoms in total. The summed E-state index contributed by atoms with van der Waals surface area (Å²) in [5.41, 5.74) is 2.20. The van der Waals surface area contributed by atoms with Gasteiger partial charge in [0.15, 0.2) is 11.5 Å². The third kappa shape index (κ3) is 4.92. The van der Waals surface area contributed by atoms with Gasteiger partial charge in [0.05, 0.1) is 20.1 Å². The van der Waals surface area contributed by atoms with Crippen LogP contribution in [0.25, 0.3) is 17.0 Å². The number of hydrogen-bond donors (Lipinski definition) is 1. The van der Waals surface area contributed by atoms with Gasteiger partial charge in [-0.1, -0.05) is 41.9 Å². The van der Waals surface area contributed by atoms with Crippen LogP contribution in [0, 0.1) is 0 Å². The normalized spacial score (nSPS) is 10.8. The second kappa shape index (κ2) is 9.44. The highest BCUT2D eigenvalue weighted by atomic mass is 35.5. The van der Waals surface area contributed by atoms with Crippen molar-refractivity contribution in [3.05, 3.63) is 71.2 Å². The van der Waals surface area contributed by atoms with Crippen LogP contribution in [-0.4, -0.2) is 46.0 Å². The highest BCUT2D eigenvalue weighted by Gasteiger charge is 2.11. The fourth-order valence-electron chi connectivity index (χ4n) is 3.01. The molecule has 0 saturated carbocycles. The van der Waals surface area contributed by atoms with Crippen LogP contribution in [0.3, 0.4) is 0 Å². The number of nitrogens with zero attached hydrogens (tertiary/aromatic N) is 4. The van der Waals surface area contributed by atoms with Crippen molar-refractivity contribution in [2.45, 2.75) is 6.42 Å². The van der Waals surface area contributed by atoms with Crippen molar-refractivity contribution >= 4 is 23.2 Å². The summed E-state index contributed by atoms with van der Waals surface area (Å²) in [7, 11) is 1.61. The predicted molar refractivity (Wildman–Crippen MR) is 116 cm³/mol. The van der Waals surface area contributed by atoms with E-state index in [-0.39, 0.29) is 18.9 Å². The standard InChI is InChI=1S/C22H20ClN5O3/c1-30-17-7-4-6-16(13-17)22-26-25-19-9-10-21(27-28(19)22)31-12-11-24-20(29)14-15-5-2-3-8-18(15)23/h2-10,13H,11-12,14H2,1H3,(H,24,29). The quantitative estimate of drug-likeness (QED) is 0.426. The molecule has 4 aromatic rings. The molecule has 2 aromatic heterocycles. The molecule has 4 rings (SSSR count). The number of benzene rings is 2. The summed E-state index contributed by atoms with van der Waals surface area (Å²) >= 11 is 6.09. The average Bonchev–Trinajstić information content (AvgIpc) is 3.22. The summed E-state index contributed by atoms with van der Waals surface area (Å²) in [6, 6.07) is 18.3. The molecule has 158 valence electrons. The Morgan fingerprint density at radius 1 is 1.10 bits per heavy atom. The van der Waals surface area contributed by atoms with Gasteiger partial charge in [0, 0.05) is 16.7 Å². The fraction of sp³-hybridized carbons (Fsp3) is 0.182. The van der Waals surface area contributed by atoms with Crippen LogP contribution in [0.5, 0.6) is 11.6 Å². The van der Waals surface area contributed by atoms with Crippen LogP contribution in [0.15, 0.2) is 60.7 Å². The number of aromatic nitrogens is 4. The summed E-state index contributed by atoms with van der Waals surface area (Å²) < 4.78 is 12.6. The molecule has 9 heteroatoms. The van der Waals surface area contributed by atoms with Gasteiger partial charge in [0.2, 0.25) is 11.8 Å². The van der Waals surface area contributed by atoms with E-state index in [9.17, 15) is 4.79 Å². The van der Waals surface area contributed by atoms with E-state index >= 15 is 0 Å². The Morgan fingerprint density at radius 3 is 2.81 bits per heavy atom. The number of carbonyl (C=O) groups is 1. The van der Waals surface area contributed by atoms with Gasteiger partial charge in [-0.05, 0) is 29.8 Å². The van der Waals surface area contributed by atoms with E-state index in [0.29, 0.717) is 34.7 Å². The number of carbonyl (C=O) groups excluding carboxylic acids is 1. The highest BCUT2D eigenvalue weighted by molar-refractivity contribution is 6.31. The maximum Gasteiger partial charge on any atom is 0.231 e. The molecule has 0 spiro atoms. The smallest absolute Gasteiger partial charge is 0.231 e. The molecule has 0 atom stereocenters. The number of rotatable bonds is 8. The third-order valence-corrected chi connectivity index (χ3v) is 4.92. The van der Waals surface area contributed by atoms with E-state index < -0.39 is 0 Å². The Hall–Kier alpha value is -3.65. The molecule has 0 radical (unpaired) electrons. The number of halogens is 1. The zero-order chi connectivity index (χ0) is 21.6. The minimum absolute atomic E-state index is 0.126. The van der Waals surface area contributed by atoms with Crippen LogP contribution in [-0.2, 0) is 11.2 Å². The van der Waals surface area contributed by atoms with E-state index in [1.165, 1.54) is 0 Å². The maximum atomic E-state index is 12.1. The first-order valence-corrected chi connectivity index (χ1v) is 10.0. The number of fused-ring (bicyclic) bond motifs is 1. The molecule has 1 amide bonds. The lowest BCUT2D eigenvalue weighted by Crippen LogP contribution is -2.29. The Kier molecular flexibility index (Phi) is 6.28. The van der Waals surface area contributed by atoms with Crippen molar-refractivity contribution in [2.75, 3.05) is 20.3 Å². The molecule has 0 fully saturated rings. The molecule has 0 aliphatic heterocycles. The zero-order valence-electron chi connectivity index (χ0n) is 16.8. The molecule has 1 N–H and O–H groups in total. The first-order valence-electron chi connectivity index (χ1n) is 9.64. The second-order valence-corrected chi connectivity index (χ2v) is 7.07. The summed E-state index contributed by atoms with van der Waals surface area (Å²) in [4.78, 5) is 12.1. The summed E-state index contributed by atoms with van der Waals surface area (Å²) in [6.45, 7) is 0.608. The Balaban J connectivity index is 1.37. The first-order chi connectivity index (χ1) is 15.1. The van der Waals surface area contributed by atoms with Crippen LogP contribution < -0.4 is 14.8 Å². The summed E-state index contributed by atoms with van der Waals surface area (Å²) in [5.74, 6) is 1.57. The Labute approximate surface area is 183 Å². The van der Waals surface area contributed by atoms with Crippen molar-refractivity contribution in [1.29, 1.82) is 0 Å². The van der Waals surface area contributed by atoms with Crippen LogP contribution in [0.2, 0.25) is 5.02 Å². The molecular formula is C22H20ClN5O3. The lowest BCUT2D eigenvalue weighted by molar-refractivity contribution is -0.120. The third-order valence-electron chi connectivity index (χ3n) is 4.55. The number of hydrogen-bond acceptors (Lipinski definition) is 6. The van der Waals surface area contributed by atoms with E-state index in [0.717, 1.165) is 11.1 Å². The van der Waals surface area contributed by atoms with Gasteiger partial charge >= 0.3 is 0 Å². The Morgan fingerprint density at radius 2 is 1.97 bits per heavy atom. The largest absolute Gasteiger partial charge is 0.497 e. The van der Waals surface area contributed by atoms with Gasteiger partial charge in [-0.15, -0.1) is 15.3 Å². The highest BCUT2D eigenvalue weighted by Crippen LogP contribution is 2.23. The van der Waals surface area contributed by atoms with Crippen molar-refractivity contribution in [3.8, 4) is 23.0 Å². The number of amides is 1. The van der Waals surface area contributed by atoms with Gasteiger partial charge < -0.3 is 14.8 Å². The SMILES string of the molecule is COc1cccc(-c2nnc3ccc(OCCNC(=O)Cc4ccccc4Cl)nn23)c1. The zero-order valence-corrected chi connectivity index (χ0v) is 17.5. The van der Waals surface area contributed by atoms with Crippen molar-refractivity contribution in [3.63, 3.8) is 0 Å². The maximum absolute atomic E-state index is 12.1. The topological polar surface area (TPSA) is 90.6 Å². The average molecular weight is 438 g/mol. The molecule has 0 saturated heterocycles. The van der Waals surface area contributed by atoms with Crippen LogP contribution in [0.4, 0.5) is 0 Å². The van der Waals surface area contributed by atoms with Gasteiger partial charge in [-0.25, -0.2) is 0 Å². The first kappa shape index (κ1) is 20.6. The lowest BCUT2D eigenvalue weighted by Gasteiger charge is -2.08. The number of nitrogens with one attached hydrogen (secondary N) is 1. The van der Waals surface area contributed by atoms with Crippen LogP contribution >= 0.6 is 11.6 Å². The number of ether oxygens (including phenoxy) is 2. The fourth-order valence-corrected chi connectivity index (χ4v) is 3.22. The molecule has 2 heterocycles. The van der Waals surface area contributed by atoms with Crippen molar-refractivity contribution in [2.24, 2.45) is 0 Å². The van der Waals surface area contributed by atoms with E-state index in [1.807, 2.05) is 42.5 Å². The Bertz CT molecular complexity index is 1210. The molecule has 0 aliphatic carbocycles. The molecular weight excluding hydrogens is 418 g/mol. The molecule has 0 bridgehead atoms. The van der Waals surface area contributed by atoms with E-state index in [2.05, 4.69) is 20.6 Å². The van der Waals surface area contributed by atoms with Crippen molar-refractivity contribution < 1.29 is 14.3 Å². The molecule has 0 aliphatic rings. The minimum Gasteiger partial charge on any atom is -0.497 e. The van der Waals surface area contributed by atoms with E-state index in [1.54, 1.807) is 29.8 Å². The van der Waals surface area contributed by atoms with Gasteiger partial charge in [0.1, 0.15) is 12.4 Å². The molecule has 2 aromatic carbocycles. The summed E-state index contributed by atoms with van der Waals surface area (Å²) in [5, 5.41) is 16.2. The second-order valence-electron chi connectivity index (χ2n) is 6.66. The molecule has 0 unspecified atom stereocenters. The summed E-state index contributed by atoms with van der Waals surface area (Å²) in [6.07, 6.45) is 0.217. The molecule has 31 heavy (non-hydrogen) atoms. The van der Waals surface area contributed by atoms with Crippen LogP contribution in [0.1, 0.15) is 5.56 Å². The number of methoxy groups -OCH3 is 1. The monoisotopic (exact) mass is 437 g/mol.